The van der Waals surface area contributed by atoms with Gasteiger partial charge in [0.25, 0.3) is 0 Å². The Morgan fingerprint density at radius 1 is 1.48 bits per heavy atom. The van der Waals surface area contributed by atoms with Gasteiger partial charge in [-0.2, -0.15) is 0 Å². The third-order valence-electron chi connectivity index (χ3n) is 3.22. The Kier molecular flexibility index (Phi) is 10.3. The molecule has 124 valence electrons. The fourth-order valence-electron chi connectivity index (χ4n) is 2.00. The van der Waals surface area contributed by atoms with Gasteiger partial charge in [0, 0.05) is 33.2 Å². The third-order valence-corrected chi connectivity index (χ3v) is 3.22. The van der Waals surface area contributed by atoms with Gasteiger partial charge in [0.15, 0.2) is 0 Å². The Bertz CT molecular complexity index is 331. The van der Waals surface area contributed by atoms with E-state index in [1.807, 2.05) is 11.8 Å². The second kappa shape index (κ2) is 10.8. The number of nitrogens with zero attached hydrogens (tertiary/aromatic N) is 2. The maximum absolute atomic E-state index is 12.0. The van der Waals surface area contributed by atoms with Crippen molar-refractivity contribution in [2.75, 3.05) is 52.9 Å². The normalized spacial score (nSPS) is 18.7. The standard InChI is InChI=1S/C13H26N4O3.ClH/c1-3-4-15-12(18)9-16(2)13(19)10-17-5-6-20-11(7-14)8-17;/h11H,3-10,14H2,1-2H3,(H,15,18);1H. The maximum atomic E-state index is 12.0. The molecule has 0 aromatic carbocycles. The first-order valence-electron chi connectivity index (χ1n) is 7.11. The van der Waals surface area contributed by atoms with Gasteiger partial charge in [-0.05, 0) is 6.42 Å². The van der Waals surface area contributed by atoms with E-state index in [4.69, 9.17) is 10.5 Å². The van der Waals surface area contributed by atoms with Gasteiger partial charge in [0.05, 0.1) is 25.8 Å². The van der Waals surface area contributed by atoms with Crippen LogP contribution in [0.1, 0.15) is 13.3 Å². The zero-order chi connectivity index (χ0) is 15.0. The highest BCUT2D eigenvalue weighted by atomic mass is 35.5. The summed E-state index contributed by atoms with van der Waals surface area (Å²) in [6.07, 6.45) is 0.882. The summed E-state index contributed by atoms with van der Waals surface area (Å²) < 4.78 is 5.45. The third kappa shape index (κ3) is 7.61. The van der Waals surface area contributed by atoms with E-state index in [0.717, 1.165) is 13.0 Å². The molecule has 1 atom stereocenters. The van der Waals surface area contributed by atoms with Crippen LogP contribution < -0.4 is 11.1 Å². The summed E-state index contributed by atoms with van der Waals surface area (Å²) in [6.45, 7) is 5.47. The molecule has 21 heavy (non-hydrogen) atoms. The number of carbonyl (C=O) groups is 2. The summed E-state index contributed by atoms with van der Waals surface area (Å²) in [7, 11) is 1.65. The minimum Gasteiger partial charge on any atom is -0.374 e. The van der Waals surface area contributed by atoms with E-state index >= 15 is 0 Å². The lowest BCUT2D eigenvalue weighted by atomic mass is 10.2. The van der Waals surface area contributed by atoms with Crippen molar-refractivity contribution in [3.63, 3.8) is 0 Å². The molecule has 1 unspecified atom stereocenters. The highest BCUT2D eigenvalue weighted by Gasteiger charge is 2.22. The number of morpholine rings is 1. The van der Waals surface area contributed by atoms with Crippen molar-refractivity contribution in [1.82, 2.24) is 15.1 Å². The summed E-state index contributed by atoms with van der Waals surface area (Å²) in [5.41, 5.74) is 5.57. The van der Waals surface area contributed by atoms with Crippen LogP contribution in [-0.2, 0) is 14.3 Å². The molecule has 1 fully saturated rings. The van der Waals surface area contributed by atoms with Gasteiger partial charge in [0.1, 0.15) is 0 Å². The quantitative estimate of drug-likeness (QED) is 0.631. The van der Waals surface area contributed by atoms with Crippen molar-refractivity contribution in [2.24, 2.45) is 5.73 Å². The monoisotopic (exact) mass is 322 g/mol. The first-order valence-corrected chi connectivity index (χ1v) is 7.11. The van der Waals surface area contributed by atoms with E-state index in [0.29, 0.717) is 32.8 Å². The second-order valence-corrected chi connectivity index (χ2v) is 5.06. The molecule has 0 bridgehead atoms. The summed E-state index contributed by atoms with van der Waals surface area (Å²) in [4.78, 5) is 27.1. The molecular formula is C13H27ClN4O3. The fraction of sp³-hybridized carbons (Fsp3) is 0.846. The highest BCUT2D eigenvalue weighted by molar-refractivity contribution is 5.85. The second-order valence-electron chi connectivity index (χ2n) is 5.06. The Morgan fingerprint density at radius 2 is 2.19 bits per heavy atom. The van der Waals surface area contributed by atoms with Crippen LogP contribution in [0.5, 0.6) is 0 Å². The molecule has 1 heterocycles. The molecule has 0 aromatic rings. The van der Waals surface area contributed by atoms with E-state index < -0.39 is 0 Å². The van der Waals surface area contributed by atoms with Gasteiger partial charge in [-0.15, -0.1) is 12.4 Å². The molecule has 0 radical (unpaired) electrons. The number of halogens is 1. The van der Waals surface area contributed by atoms with Crippen molar-refractivity contribution >= 4 is 24.2 Å². The predicted molar refractivity (Wildman–Crippen MR) is 83.4 cm³/mol. The van der Waals surface area contributed by atoms with Crippen molar-refractivity contribution in [3.8, 4) is 0 Å². The largest absolute Gasteiger partial charge is 0.374 e. The van der Waals surface area contributed by atoms with Crippen LogP contribution in [0, 0.1) is 0 Å². The van der Waals surface area contributed by atoms with Crippen LogP contribution in [-0.4, -0.2) is 80.6 Å². The predicted octanol–water partition coefficient (Wildman–Crippen LogP) is -0.948. The number of hydrogen-bond donors (Lipinski definition) is 2. The first kappa shape index (κ1) is 20.1. The summed E-state index contributed by atoms with van der Waals surface area (Å²) >= 11 is 0. The Balaban J connectivity index is 0.00000400. The maximum Gasteiger partial charge on any atom is 0.239 e. The average Bonchev–Trinajstić information content (AvgIpc) is 2.45. The van der Waals surface area contributed by atoms with Crippen LogP contribution in [0.15, 0.2) is 0 Å². The van der Waals surface area contributed by atoms with E-state index in [2.05, 4.69) is 5.32 Å². The number of rotatable bonds is 7. The number of ether oxygens (including phenoxy) is 1. The molecule has 2 amide bonds. The molecule has 0 saturated carbocycles. The molecule has 1 aliphatic heterocycles. The molecular weight excluding hydrogens is 296 g/mol. The number of hydrogen-bond acceptors (Lipinski definition) is 5. The van der Waals surface area contributed by atoms with E-state index in [1.54, 1.807) is 7.05 Å². The molecule has 3 N–H and O–H groups in total. The smallest absolute Gasteiger partial charge is 0.239 e. The van der Waals surface area contributed by atoms with Gasteiger partial charge < -0.3 is 20.7 Å². The van der Waals surface area contributed by atoms with Crippen LogP contribution in [0.3, 0.4) is 0 Å². The lowest BCUT2D eigenvalue weighted by Crippen LogP contribution is -2.50. The van der Waals surface area contributed by atoms with Crippen molar-refractivity contribution in [2.45, 2.75) is 19.4 Å². The fourth-order valence-corrected chi connectivity index (χ4v) is 2.00. The average molecular weight is 323 g/mol. The van der Waals surface area contributed by atoms with Gasteiger partial charge in [0.2, 0.25) is 11.8 Å². The molecule has 0 spiro atoms. The van der Waals surface area contributed by atoms with Crippen molar-refractivity contribution < 1.29 is 14.3 Å². The number of nitrogens with one attached hydrogen (secondary N) is 1. The molecule has 8 heteroatoms. The summed E-state index contributed by atoms with van der Waals surface area (Å²) in [5.74, 6) is -0.182. The lowest BCUT2D eigenvalue weighted by Gasteiger charge is -2.32. The summed E-state index contributed by atoms with van der Waals surface area (Å²) in [6, 6.07) is 0. The van der Waals surface area contributed by atoms with Crippen molar-refractivity contribution in [3.05, 3.63) is 0 Å². The number of amides is 2. The molecule has 1 saturated heterocycles. The molecule has 1 rings (SSSR count). The SMILES string of the molecule is CCCNC(=O)CN(C)C(=O)CN1CCOC(CN)C1.Cl. The van der Waals surface area contributed by atoms with Gasteiger partial charge in [-0.3, -0.25) is 14.5 Å². The molecule has 7 nitrogen and oxygen atoms in total. The lowest BCUT2D eigenvalue weighted by molar-refractivity contribution is -0.137. The van der Waals surface area contributed by atoms with Crippen LogP contribution in [0.25, 0.3) is 0 Å². The Labute approximate surface area is 132 Å². The van der Waals surface area contributed by atoms with E-state index in [1.165, 1.54) is 4.90 Å². The topological polar surface area (TPSA) is 87.9 Å². The zero-order valence-corrected chi connectivity index (χ0v) is 13.7. The van der Waals surface area contributed by atoms with E-state index in [9.17, 15) is 9.59 Å². The number of nitrogens with two attached hydrogens (primary N) is 1. The number of carbonyl (C=O) groups excluding carboxylic acids is 2. The minimum atomic E-state index is -0.121. The van der Waals surface area contributed by atoms with Crippen LogP contribution >= 0.6 is 12.4 Å². The molecule has 0 aromatic heterocycles. The first-order chi connectivity index (χ1) is 9.56. The highest BCUT2D eigenvalue weighted by Crippen LogP contribution is 2.04. The van der Waals surface area contributed by atoms with Crippen LogP contribution in [0.4, 0.5) is 0 Å². The Hall–Kier alpha value is -0.890. The Morgan fingerprint density at radius 3 is 2.81 bits per heavy atom. The molecule has 1 aliphatic rings. The number of likely N-dealkylation sites (N-methyl/N-ethyl adjacent to an activating group) is 1. The van der Waals surface area contributed by atoms with Gasteiger partial charge in [-0.25, -0.2) is 0 Å². The summed E-state index contributed by atoms with van der Waals surface area (Å²) in [5, 5.41) is 2.75. The van der Waals surface area contributed by atoms with Crippen molar-refractivity contribution in [1.29, 1.82) is 0 Å². The zero-order valence-electron chi connectivity index (χ0n) is 12.8. The van der Waals surface area contributed by atoms with E-state index in [-0.39, 0.29) is 36.9 Å². The van der Waals surface area contributed by atoms with Gasteiger partial charge in [-0.1, -0.05) is 6.92 Å². The van der Waals surface area contributed by atoms with Gasteiger partial charge >= 0.3 is 0 Å². The minimum absolute atomic E-state index is 0. The van der Waals surface area contributed by atoms with Crippen LogP contribution in [0.2, 0.25) is 0 Å². The molecule has 0 aliphatic carbocycles.